The smallest absolute Gasteiger partial charge is 0.357 e. The van der Waals surface area contributed by atoms with E-state index in [-0.39, 0.29) is 0 Å². The zero-order chi connectivity index (χ0) is 14.8. The summed E-state index contributed by atoms with van der Waals surface area (Å²) in [4.78, 5) is 12.6. The summed E-state index contributed by atoms with van der Waals surface area (Å²) in [6.45, 7) is 1.93. The lowest BCUT2D eigenvalue weighted by Crippen LogP contribution is -2.09. The topological polar surface area (TPSA) is 52.1 Å². The highest BCUT2D eigenvalue weighted by Gasteiger charge is 2.17. The lowest BCUT2D eigenvalue weighted by molar-refractivity contribution is 0.0739. The Balaban J connectivity index is 1.88. The molecule has 21 heavy (non-hydrogen) atoms. The molecule has 0 radical (unpaired) electrons. The molecule has 1 heterocycles. The summed E-state index contributed by atoms with van der Waals surface area (Å²) in [6, 6.07) is 11.5. The molecule has 0 amide bonds. The van der Waals surface area contributed by atoms with Crippen LogP contribution >= 0.6 is 27.5 Å². The molecule has 0 bridgehead atoms. The van der Waals surface area contributed by atoms with Crippen molar-refractivity contribution in [3.63, 3.8) is 0 Å². The molecule has 0 fully saturated rings. The molecule has 6 heteroatoms. The van der Waals surface area contributed by atoms with Gasteiger partial charge in [-0.1, -0.05) is 39.5 Å². The van der Waals surface area contributed by atoms with E-state index in [2.05, 4.69) is 25.5 Å². The third-order valence-electron chi connectivity index (χ3n) is 3.06. The van der Waals surface area contributed by atoms with Crippen LogP contribution in [0.4, 0.5) is 0 Å². The number of hydrogen-bond donors (Lipinski definition) is 0. The van der Waals surface area contributed by atoms with E-state index in [1.807, 2.05) is 37.3 Å². The number of ether oxygens (including phenoxy) is 1. The zero-order valence-corrected chi connectivity index (χ0v) is 13.6. The van der Waals surface area contributed by atoms with E-state index < -0.39 is 5.97 Å². The Labute approximate surface area is 134 Å². The minimum Gasteiger partial charge on any atom is -0.422 e. The number of hydrogen-bond acceptors (Lipinski definition) is 5. The lowest BCUT2D eigenvalue weighted by atomic mass is 10.1. The van der Waals surface area contributed by atoms with Gasteiger partial charge in [0, 0.05) is 4.47 Å². The van der Waals surface area contributed by atoms with Crippen LogP contribution in [0.1, 0.15) is 22.3 Å². The van der Waals surface area contributed by atoms with Gasteiger partial charge >= 0.3 is 5.97 Å². The Hall–Kier alpha value is -1.79. The summed E-state index contributed by atoms with van der Waals surface area (Å²) in [5, 5.41) is 6.02. The Morgan fingerprint density at radius 3 is 2.81 bits per heavy atom. The predicted octanol–water partition coefficient (Wildman–Crippen LogP) is 4.24. The molecule has 3 aromatic rings. The van der Waals surface area contributed by atoms with Gasteiger partial charge in [0.05, 0.1) is 5.69 Å². The molecule has 0 unspecified atom stereocenters. The predicted molar refractivity (Wildman–Crippen MR) is 85.9 cm³/mol. The number of esters is 1. The molecule has 4 nitrogen and oxygen atoms in total. The number of nitrogens with zero attached hydrogens (tertiary/aromatic N) is 2. The van der Waals surface area contributed by atoms with Gasteiger partial charge in [-0.25, -0.2) is 4.79 Å². The van der Waals surface area contributed by atoms with Crippen LogP contribution in [0.5, 0.6) is 5.75 Å². The molecule has 0 aliphatic heterocycles. The Kier molecular flexibility index (Phi) is 3.98. The standard InChI is InChI=1S/C15H11BrN2O2S/c1-2-13-14(21-18-17-13)15(19)20-12-6-4-9-7-11(16)5-3-10(9)8-12/h3-8H,2H2,1H3. The third kappa shape index (κ3) is 2.96. The highest BCUT2D eigenvalue weighted by Crippen LogP contribution is 2.25. The Morgan fingerprint density at radius 2 is 2.00 bits per heavy atom. The van der Waals surface area contributed by atoms with Gasteiger partial charge in [0.25, 0.3) is 0 Å². The maximum absolute atomic E-state index is 12.1. The molecule has 0 aliphatic carbocycles. The first-order valence-corrected chi connectivity index (χ1v) is 7.96. The maximum atomic E-state index is 12.1. The number of halogens is 1. The fourth-order valence-corrected chi connectivity index (χ4v) is 3.01. The first-order chi connectivity index (χ1) is 10.2. The van der Waals surface area contributed by atoms with Crippen LogP contribution in [0, 0.1) is 0 Å². The van der Waals surface area contributed by atoms with Gasteiger partial charge in [-0.3, -0.25) is 0 Å². The van der Waals surface area contributed by atoms with Crippen molar-refractivity contribution in [1.82, 2.24) is 9.59 Å². The van der Waals surface area contributed by atoms with E-state index >= 15 is 0 Å². The van der Waals surface area contributed by atoms with Gasteiger partial charge in [0.15, 0.2) is 4.88 Å². The molecule has 2 aromatic carbocycles. The van der Waals surface area contributed by atoms with Crippen LogP contribution in [-0.4, -0.2) is 15.6 Å². The Morgan fingerprint density at radius 1 is 1.24 bits per heavy atom. The fourth-order valence-electron chi connectivity index (χ4n) is 2.01. The van der Waals surface area contributed by atoms with Crippen LogP contribution in [0.3, 0.4) is 0 Å². The van der Waals surface area contributed by atoms with Crippen molar-refractivity contribution < 1.29 is 9.53 Å². The first kappa shape index (κ1) is 14.2. The van der Waals surface area contributed by atoms with Crippen molar-refractivity contribution in [2.24, 2.45) is 0 Å². The Bertz CT molecular complexity index is 816. The SMILES string of the molecule is CCc1nnsc1C(=O)Oc1ccc2cc(Br)ccc2c1. The van der Waals surface area contributed by atoms with Crippen LogP contribution in [0.25, 0.3) is 10.8 Å². The maximum Gasteiger partial charge on any atom is 0.357 e. The van der Waals surface area contributed by atoms with Crippen LogP contribution < -0.4 is 4.74 Å². The second kappa shape index (κ2) is 5.91. The molecule has 0 N–H and O–H groups in total. The van der Waals surface area contributed by atoms with Crippen molar-refractivity contribution >= 4 is 44.2 Å². The van der Waals surface area contributed by atoms with E-state index in [1.54, 1.807) is 6.07 Å². The van der Waals surface area contributed by atoms with Crippen LogP contribution in [0.15, 0.2) is 40.9 Å². The number of carbonyl (C=O) groups excluding carboxylic acids is 1. The summed E-state index contributed by atoms with van der Waals surface area (Å²) in [5.74, 6) is 0.114. The summed E-state index contributed by atoms with van der Waals surface area (Å²) in [7, 11) is 0. The van der Waals surface area contributed by atoms with Crippen LogP contribution in [0.2, 0.25) is 0 Å². The van der Waals surface area contributed by atoms with Gasteiger partial charge in [-0.2, -0.15) is 0 Å². The number of benzene rings is 2. The average molecular weight is 363 g/mol. The van der Waals surface area contributed by atoms with Crippen molar-refractivity contribution in [1.29, 1.82) is 0 Å². The molecule has 3 rings (SSSR count). The quantitative estimate of drug-likeness (QED) is 0.516. The fraction of sp³-hybridized carbons (Fsp3) is 0.133. The largest absolute Gasteiger partial charge is 0.422 e. The summed E-state index contributed by atoms with van der Waals surface area (Å²) in [6.07, 6.45) is 0.659. The average Bonchev–Trinajstić information content (AvgIpc) is 2.96. The number of fused-ring (bicyclic) bond motifs is 1. The highest BCUT2D eigenvalue weighted by atomic mass is 79.9. The van der Waals surface area contributed by atoms with Gasteiger partial charge in [-0.05, 0) is 53.0 Å². The van der Waals surface area contributed by atoms with Crippen LogP contribution in [-0.2, 0) is 6.42 Å². The van der Waals surface area contributed by atoms with Gasteiger partial charge in [0.2, 0.25) is 0 Å². The highest BCUT2D eigenvalue weighted by molar-refractivity contribution is 9.10. The third-order valence-corrected chi connectivity index (χ3v) is 4.30. The zero-order valence-electron chi connectivity index (χ0n) is 11.2. The van der Waals surface area contributed by atoms with Crippen molar-refractivity contribution in [2.45, 2.75) is 13.3 Å². The molecule has 0 saturated heterocycles. The second-order valence-corrected chi connectivity index (χ2v) is 6.11. The van der Waals surface area contributed by atoms with E-state index in [0.29, 0.717) is 22.7 Å². The van der Waals surface area contributed by atoms with Crippen molar-refractivity contribution in [3.8, 4) is 5.75 Å². The van der Waals surface area contributed by atoms with Gasteiger partial charge in [-0.15, -0.1) is 5.10 Å². The molecule has 106 valence electrons. The molecular formula is C15H11BrN2O2S. The number of aryl methyl sites for hydroxylation is 1. The van der Waals surface area contributed by atoms with E-state index in [4.69, 9.17) is 4.74 Å². The van der Waals surface area contributed by atoms with E-state index in [1.165, 1.54) is 0 Å². The number of carbonyl (C=O) groups is 1. The monoisotopic (exact) mass is 362 g/mol. The first-order valence-electron chi connectivity index (χ1n) is 6.40. The number of aromatic nitrogens is 2. The molecular weight excluding hydrogens is 352 g/mol. The molecule has 0 spiro atoms. The van der Waals surface area contributed by atoms with Gasteiger partial charge in [0.1, 0.15) is 5.75 Å². The molecule has 0 aliphatic rings. The molecule has 0 atom stereocenters. The van der Waals surface area contributed by atoms with Gasteiger partial charge < -0.3 is 4.74 Å². The molecule has 0 saturated carbocycles. The molecule has 1 aromatic heterocycles. The van der Waals surface area contributed by atoms with E-state index in [0.717, 1.165) is 26.8 Å². The minimum absolute atomic E-state index is 0.404. The van der Waals surface area contributed by atoms with Crippen molar-refractivity contribution in [2.75, 3.05) is 0 Å². The minimum atomic E-state index is -0.404. The summed E-state index contributed by atoms with van der Waals surface area (Å²) >= 11 is 4.50. The normalized spacial score (nSPS) is 10.8. The lowest BCUT2D eigenvalue weighted by Gasteiger charge is -2.05. The van der Waals surface area contributed by atoms with E-state index in [9.17, 15) is 4.79 Å². The second-order valence-electron chi connectivity index (χ2n) is 4.45. The van der Waals surface area contributed by atoms with Crippen molar-refractivity contribution in [3.05, 3.63) is 51.4 Å². The summed E-state index contributed by atoms with van der Waals surface area (Å²) in [5.41, 5.74) is 0.676. The summed E-state index contributed by atoms with van der Waals surface area (Å²) < 4.78 is 10.2. The number of rotatable bonds is 3.